The Morgan fingerprint density at radius 1 is 1.42 bits per heavy atom. The molecule has 1 aliphatic carbocycles. The number of hydrogen-bond donors (Lipinski definition) is 1. The van der Waals surface area contributed by atoms with Crippen LogP contribution in [0.2, 0.25) is 0 Å². The van der Waals surface area contributed by atoms with Gasteiger partial charge in [0.1, 0.15) is 0 Å². The summed E-state index contributed by atoms with van der Waals surface area (Å²) in [7, 11) is 0. The molecule has 0 bridgehead atoms. The summed E-state index contributed by atoms with van der Waals surface area (Å²) in [6, 6.07) is 2.08. The second kappa shape index (κ2) is 6.36. The first-order valence-electron chi connectivity index (χ1n) is 7.18. The van der Waals surface area contributed by atoms with Crippen molar-refractivity contribution in [2.24, 2.45) is 11.1 Å². The molecule has 2 rings (SSSR count). The quantitative estimate of drug-likeness (QED) is 0.826. The summed E-state index contributed by atoms with van der Waals surface area (Å²) >= 11 is 0. The van der Waals surface area contributed by atoms with Crippen LogP contribution in [0.4, 0.5) is 0 Å². The van der Waals surface area contributed by atoms with E-state index in [4.69, 9.17) is 15.7 Å². The highest BCUT2D eigenvalue weighted by Gasteiger charge is 2.35. The van der Waals surface area contributed by atoms with Crippen molar-refractivity contribution in [1.29, 1.82) is 5.26 Å². The number of amides is 1. The Hall–Kier alpha value is -1.12. The molecule has 1 atom stereocenters. The molecule has 1 saturated heterocycles. The molecule has 1 saturated carbocycles. The van der Waals surface area contributed by atoms with E-state index in [2.05, 4.69) is 6.07 Å². The molecule has 1 amide bonds. The third-order valence-corrected chi connectivity index (χ3v) is 4.44. The summed E-state index contributed by atoms with van der Waals surface area (Å²) in [6.07, 6.45) is 5.77. The molecule has 5 heteroatoms. The van der Waals surface area contributed by atoms with Gasteiger partial charge in [0.15, 0.2) is 6.10 Å². The third-order valence-electron chi connectivity index (χ3n) is 4.44. The number of ether oxygens (including phenoxy) is 1. The maximum atomic E-state index is 12.4. The van der Waals surface area contributed by atoms with Gasteiger partial charge in [-0.3, -0.25) is 4.79 Å². The minimum absolute atomic E-state index is 0.00419. The number of nitrogens with two attached hydrogens (primary N) is 1. The molecule has 0 aromatic rings. The second-order valence-corrected chi connectivity index (χ2v) is 5.77. The fourth-order valence-corrected chi connectivity index (χ4v) is 3.14. The van der Waals surface area contributed by atoms with Crippen molar-refractivity contribution in [3.63, 3.8) is 0 Å². The van der Waals surface area contributed by atoms with Gasteiger partial charge in [0, 0.05) is 13.0 Å². The van der Waals surface area contributed by atoms with Crippen LogP contribution < -0.4 is 5.73 Å². The summed E-state index contributed by atoms with van der Waals surface area (Å²) in [6.45, 7) is 2.04. The SMILES string of the molecule is N#CC1CN(C(=O)CC2(CN)CCCCC2)CCO1. The lowest BCUT2D eigenvalue weighted by molar-refractivity contribution is -0.140. The average molecular weight is 265 g/mol. The molecule has 1 heterocycles. The fourth-order valence-electron chi connectivity index (χ4n) is 3.14. The van der Waals surface area contributed by atoms with E-state index in [9.17, 15) is 4.79 Å². The van der Waals surface area contributed by atoms with Gasteiger partial charge in [-0.2, -0.15) is 5.26 Å². The number of morpholine rings is 1. The van der Waals surface area contributed by atoms with Crippen molar-refractivity contribution in [3.8, 4) is 6.07 Å². The first kappa shape index (κ1) is 14.3. The molecule has 1 unspecified atom stereocenters. The molecule has 1 aliphatic heterocycles. The van der Waals surface area contributed by atoms with E-state index in [-0.39, 0.29) is 11.3 Å². The van der Waals surface area contributed by atoms with Crippen LogP contribution in [-0.4, -0.2) is 43.2 Å². The van der Waals surface area contributed by atoms with Crippen LogP contribution in [0.5, 0.6) is 0 Å². The molecule has 0 spiro atoms. The van der Waals surface area contributed by atoms with Gasteiger partial charge in [-0.25, -0.2) is 0 Å². The Labute approximate surface area is 114 Å². The highest BCUT2D eigenvalue weighted by Crippen LogP contribution is 2.38. The zero-order valence-electron chi connectivity index (χ0n) is 11.4. The second-order valence-electron chi connectivity index (χ2n) is 5.77. The minimum atomic E-state index is -0.474. The monoisotopic (exact) mass is 265 g/mol. The lowest BCUT2D eigenvalue weighted by Crippen LogP contribution is -2.47. The van der Waals surface area contributed by atoms with Crippen molar-refractivity contribution in [2.45, 2.75) is 44.6 Å². The number of nitrogens with zero attached hydrogens (tertiary/aromatic N) is 2. The molecule has 0 radical (unpaired) electrons. The Morgan fingerprint density at radius 3 is 2.79 bits per heavy atom. The highest BCUT2D eigenvalue weighted by atomic mass is 16.5. The predicted octanol–water partition coefficient (Wildman–Crippen LogP) is 1.04. The van der Waals surface area contributed by atoms with Crippen LogP contribution in [0.1, 0.15) is 38.5 Å². The smallest absolute Gasteiger partial charge is 0.223 e. The number of carbonyl (C=O) groups excluding carboxylic acids is 1. The Kier molecular flexibility index (Phi) is 4.78. The largest absolute Gasteiger partial charge is 0.360 e. The first-order valence-corrected chi connectivity index (χ1v) is 7.18. The van der Waals surface area contributed by atoms with E-state index >= 15 is 0 Å². The van der Waals surface area contributed by atoms with E-state index < -0.39 is 6.10 Å². The van der Waals surface area contributed by atoms with Crippen LogP contribution in [0.25, 0.3) is 0 Å². The van der Waals surface area contributed by atoms with Crippen LogP contribution in [-0.2, 0) is 9.53 Å². The van der Waals surface area contributed by atoms with Crippen molar-refractivity contribution in [3.05, 3.63) is 0 Å². The summed E-state index contributed by atoms with van der Waals surface area (Å²) in [5.74, 6) is 0.135. The third kappa shape index (κ3) is 3.46. The van der Waals surface area contributed by atoms with E-state index in [1.54, 1.807) is 4.90 Å². The molecule has 0 aromatic heterocycles. The molecule has 2 aliphatic rings. The van der Waals surface area contributed by atoms with Crippen LogP contribution in [0.15, 0.2) is 0 Å². The summed E-state index contributed by atoms with van der Waals surface area (Å²) in [4.78, 5) is 14.2. The molecule has 19 heavy (non-hydrogen) atoms. The predicted molar refractivity (Wildman–Crippen MR) is 71.1 cm³/mol. The Balaban J connectivity index is 1.94. The Morgan fingerprint density at radius 2 is 2.16 bits per heavy atom. The summed E-state index contributed by atoms with van der Waals surface area (Å²) in [5.41, 5.74) is 5.92. The number of rotatable bonds is 3. The molecule has 5 nitrogen and oxygen atoms in total. The topological polar surface area (TPSA) is 79.4 Å². The van der Waals surface area contributed by atoms with Gasteiger partial charge >= 0.3 is 0 Å². The van der Waals surface area contributed by atoms with Crippen LogP contribution >= 0.6 is 0 Å². The van der Waals surface area contributed by atoms with E-state index in [1.807, 2.05) is 0 Å². The summed E-state index contributed by atoms with van der Waals surface area (Å²) in [5, 5.41) is 8.88. The zero-order valence-corrected chi connectivity index (χ0v) is 11.4. The first-order chi connectivity index (χ1) is 9.19. The lowest BCUT2D eigenvalue weighted by atomic mass is 9.71. The fraction of sp³-hybridized carbons (Fsp3) is 0.857. The summed E-state index contributed by atoms with van der Waals surface area (Å²) < 4.78 is 5.27. The van der Waals surface area contributed by atoms with Gasteiger partial charge in [-0.15, -0.1) is 0 Å². The Bertz CT molecular complexity index is 358. The van der Waals surface area contributed by atoms with Crippen molar-refractivity contribution in [2.75, 3.05) is 26.2 Å². The van der Waals surface area contributed by atoms with Crippen molar-refractivity contribution >= 4 is 5.91 Å². The maximum absolute atomic E-state index is 12.4. The van der Waals surface area contributed by atoms with Crippen molar-refractivity contribution in [1.82, 2.24) is 4.90 Å². The van der Waals surface area contributed by atoms with E-state index in [1.165, 1.54) is 19.3 Å². The molecule has 0 aromatic carbocycles. The minimum Gasteiger partial charge on any atom is -0.360 e. The van der Waals surface area contributed by atoms with Crippen LogP contribution in [0, 0.1) is 16.7 Å². The van der Waals surface area contributed by atoms with Crippen LogP contribution in [0.3, 0.4) is 0 Å². The van der Waals surface area contributed by atoms with Gasteiger partial charge in [0.2, 0.25) is 5.91 Å². The van der Waals surface area contributed by atoms with Gasteiger partial charge in [-0.05, 0) is 24.8 Å². The molecule has 106 valence electrons. The zero-order chi connectivity index (χ0) is 13.7. The maximum Gasteiger partial charge on any atom is 0.223 e. The molecule has 2 N–H and O–H groups in total. The van der Waals surface area contributed by atoms with E-state index in [0.29, 0.717) is 32.7 Å². The highest BCUT2D eigenvalue weighted by molar-refractivity contribution is 5.77. The van der Waals surface area contributed by atoms with Gasteiger partial charge in [0.05, 0.1) is 19.2 Å². The van der Waals surface area contributed by atoms with Gasteiger partial charge in [-0.1, -0.05) is 19.3 Å². The van der Waals surface area contributed by atoms with Gasteiger partial charge in [0.25, 0.3) is 0 Å². The standard InChI is InChI=1S/C14H23N3O2/c15-9-12-10-17(6-7-19-12)13(18)8-14(11-16)4-2-1-3-5-14/h12H,1-8,10-11,16H2. The molecular weight excluding hydrogens is 242 g/mol. The van der Waals surface area contributed by atoms with Crippen molar-refractivity contribution < 1.29 is 9.53 Å². The molecule has 2 fully saturated rings. The van der Waals surface area contributed by atoms with E-state index in [0.717, 1.165) is 12.8 Å². The number of nitriles is 1. The van der Waals surface area contributed by atoms with Gasteiger partial charge < -0.3 is 15.4 Å². The average Bonchev–Trinajstić information content (AvgIpc) is 2.48. The number of carbonyl (C=O) groups is 1. The molecular formula is C14H23N3O2. The number of hydrogen-bond acceptors (Lipinski definition) is 4. The normalized spacial score (nSPS) is 26.7. The lowest BCUT2D eigenvalue weighted by Gasteiger charge is -2.38.